The van der Waals surface area contributed by atoms with Crippen molar-refractivity contribution in [3.63, 3.8) is 0 Å². The molecule has 0 saturated carbocycles. The van der Waals surface area contributed by atoms with Gasteiger partial charge >= 0.3 is 5.97 Å². The van der Waals surface area contributed by atoms with Gasteiger partial charge in [-0.05, 0) is 19.2 Å². The molecule has 1 rings (SSSR count). The van der Waals surface area contributed by atoms with E-state index in [1.807, 2.05) is 0 Å². The first kappa shape index (κ1) is 13.1. The van der Waals surface area contributed by atoms with Crippen LogP contribution in [-0.2, 0) is 11.3 Å². The highest BCUT2D eigenvalue weighted by molar-refractivity contribution is 9.10. The molecule has 16 heavy (non-hydrogen) atoms. The van der Waals surface area contributed by atoms with Crippen LogP contribution in [0.1, 0.15) is 12.0 Å². The second kappa shape index (κ2) is 5.96. The van der Waals surface area contributed by atoms with Crippen LogP contribution in [0, 0.1) is 5.82 Å². The maximum Gasteiger partial charge on any atom is 0.304 e. The van der Waals surface area contributed by atoms with E-state index in [0.29, 0.717) is 23.1 Å². The fourth-order valence-electron chi connectivity index (χ4n) is 1.32. The van der Waals surface area contributed by atoms with Gasteiger partial charge in [0.2, 0.25) is 0 Å². The van der Waals surface area contributed by atoms with Crippen LogP contribution in [0.3, 0.4) is 0 Å². The van der Waals surface area contributed by atoms with Crippen molar-refractivity contribution in [2.24, 2.45) is 0 Å². The first-order valence-electron chi connectivity index (χ1n) is 4.84. The van der Waals surface area contributed by atoms with E-state index in [0.717, 1.165) is 0 Å². The first-order chi connectivity index (χ1) is 7.50. The van der Waals surface area contributed by atoms with Gasteiger partial charge in [-0.15, -0.1) is 0 Å². The predicted octanol–water partition coefficient (Wildman–Crippen LogP) is 2.49. The first-order valence-corrected chi connectivity index (χ1v) is 5.63. The molecular formula is C11H13BrFNO2. The molecule has 0 aliphatic rings. The third kappa shape index (κ3) is 3.90. The molecule has 1 N–H and O–H groups in total. The number of carboxylic acids is 1. The summed E-state index contributed by atoms with van der Waals surface area (Å²) in [6.07, 6.45) is 0.0581. The fourth-order valence-corrected chi connectivity index (χ4v) is 1.79. The predicted molar refractivity (Wildman–Crippen MR) is 62.7 cm³/mol. The normalized spacial score (nSPS) is 10.8. The summed E-state index contributed by atoms with van der Waals surface area (Å²) in [5, 5.41) is 8.53. The highest BCUT2D eigenvalue weighted by Gasteiger charge is 2.10. The molecule has 0 aromatic heterocycles. The molecule has 0 amide bonds. The average Bonchev–Trinajstić information content (AvgIpc) is 2.21. The van der Waals surface area contributed by atoms with Crippen molar-refractivity contribution in [1.29, 1.82) is 0 Å². The maximum absolute atomic E-state index is 13.4. The molecule has 0 aliphatic carbocycles. The number of nitrogens with zero attached hydrogens (tertiary/aromatic N) is 1. The van der Waals surface area contributed by atoms with E-state index in [2.05, 4.69) is 15.9 Å². The fraction of sp³-hybridized carbons (Fsp3) is 0.364. The van der Waals surface area contributed by atoms with E-state index in [-0.39, 0.29) is 12.2 Å². The van der Waals surface area contributed by atoms with Gasteiger partial charge in [0.1, 0.15) is 5.82 Å². The van der Waals surface area contributed by atoms with Crippen molar-refractivity contribution in [3.8, 4) is 0 Å². The average molecular weight is 290 g/mol. The van der Waals surface area contributed by atoms with Crippen LogP contribution < -0.4 is 0 Å². The smallest absolute Gasteiger partial charge is 0.304 e. The van der Waals surface area contributed by atoms with Crippen molar-refractivity contribution in [2.45, 2.75) is 13.0 Å². The van der Waals surface area contributed by atoms with Crippen molar-refractivity contribution < 1.29 is 14.3 Å². The van der Waals surface area contributed by atoms with Gasteiger partial charge in [0.05, 0.1) is 6.42 Å². The summed E-state index contributed by atoms with van der Waals surface area (Å²) in [5.41, 5.74) is 0.551. The molecule has 0 heterocycles. The Morgan fingerprint density at radius 2 is 2.25 bits per heavy atom. The van der Waals surface area contributed by atoms with E-state index in [9.17, 15) is 9.18 Å². The van der Waals surface area contributed by atoms with Gasteiger partial charge in [0.25, 0.3) is 0 Å². The molecule has 0 bridgehead atoms. The van der Waals surface area contributed by atoms with Crippen LogP contribution in [-0.4, -0.2) is 29.6 Å². The zero-order valence-electron chi connectivity index (χ0n) is 8.91. The number of carbonyl (C=O) groups is 1. The van der Waals surface area contributed by atoms with Crippen LogP contribution in [0.15, 0.2) is 22.7 Å². The minimum atomic E-state index is -0.848. The number of carboxylic acid groups (broad SMARTS) is 1. The highest BCUT2D eigenvalue weighted by Crippen LogP contribution is 2.20. The van der Waals surface area contributed by atoms with Crippen molar-refractivity contribution in [3.05, 3.63) is 34.1 Å². The molecule has 0 fully saturated rings. The van der Waals surface area contributed by atoms with Crippen LogP contribution in [0.25, 0.3) is 0 Å². The van der Waals surface area contributed by atoms with E-state index in [4.69, 9.17) is 5.11 Å². The van der Waals surface area contributed by atoms with Crippen LogP contribution >= 0.6 is 15.9 Å². The lowest BCUT2D eigenvalue weighted by Gasteiger charge is -2.16. The summed E-state index contributed by atoms with van der Waals surface area (Å²) in [7, 11) is 1.77. The van der Waals surface area contributed by atoms with Crippen LogP contribution in [0.2, 0.25) is 0 Å². The zero-order chi connectivity index (χ0) is 12.1. The minimum absolute atomic E-state index is 0.0581. The Labute approximate surface area is 102 Å². The molecule has 0 radical (unpaired) electrons. The van der Waals surface area contributed by atoms with Gasteiger partial charge in [-0.25, -0.2) is 4.39 Å². The summed E-state index contributed by atoms with van der Waals surface area (Å²) in [6, 6.07) is 4.79. The molecule has 1 aromatic carbocycles. The molecule has 1 aromatic rings. The Hall–Kier alpha value is -0.940. The topological polar surface area (TPSA) is 40.5 Å². The number of aliphatic carboxylic acids is 1. The summed E-state index contributed by atoms with van der Waals surface area (Å²) >= 11 is 3.27. The van der Waals surface area contributed by atoms with Gasteiger partial charge in [-0.1, -0.05) is 22.0 Å². The lowest BCUT2D eigenvalue weighted by atomic mass is 10.2. The molecule has 0 atom stereocenters. The van der Waals surface area contributed by atoms with Gasteiger partial charge in [0.15, 0.2) is 0 Å². The van der Waals surface area contributed by atoms with Crippen molar-refractivity contribution >= 4 is 21.9 Å². The summed E-state index contributed by atoms with van der Waals surface area (Å²) in [5.74, 6) is -1.13. The summed E-state index contributed by atoms with van der Waals surface area (Å²) in [6.45, 7) is 0.788. The van der Waals surface area contributed by atoms with E-state index in [1.165, 1.54) is 6.07 Å². The molecule has 0 unspecified atom stereocenters. The highest BCUT2D eigenvalue weighted by atomic mass is 79.9. The molecule has 0 aliphatic heterocycles. The zero-order valence-corrected chi connectivity index (χ0v) is 10.5. The lowest BCUT2D eigenvalue weighted by molar-refractivity contribution is -0.137. The van der Waals surface area contributed by atoms with Gasteiger partial charge in [-0.2, -0.15) is 0 Å². The lowest BCUT2D eigenvalue weighted by Crippen LogP contribution is -2.22. The van der Waals surface area contributed by atoms with Crippen molar-refractivity contribution in [1.82, 2.24) is 4.90 Å². The summed E-state index contributed by atoms with van der Waals surface area (Å²) < 4.78 is 14.1. The number of hydrogen-bond acceptors (Lipinski definition) is 2. The van der Waals surface area contributed by atoms with Crippen LogP contribution in [0.4, 0.5) is 4.39 Å². The number of hydrogen-bond donors (Lipinski definition) is 1. The van der Waals surface area contributed by atoms with Crippen molar-refractivity contribution in [2.75, 3.05) is 13.6 Å². The second-order valence-electron chi connectivity index (χ2n) is 3.58. The number of halogens is 2. The second-order valence-corrected chi connectivity index (χ2v) is 4.44. The Balaban J connectivity index is 2.62. The Kier molecular flexibility index (Phi) is 4.89. The monoisotopic (exact) mass is 289 g/mol. The number of rotatable bonds is 5. The Bertz CT molecular complexity index is 364. The minimum Gasteiger partial charge on any atom is -0.481 e. The molecule has 88 valence electrons. The molecule has 5 heteroatoms. The Morgan fingerprint density at radius 1 is 1.56 bits per heavy atom. The number of benzene rings is 1. The SMILES string of the molecule is CN(CCC(=O)O)Cc1c(F)cccc1Br. The van der Waals surface area contributed by atoms with Crippen LogP contribution in [0.5, 0.6) is 0 Å². The van der Waals surface area contributed by atoms with Gasteiger partial charge in [0, 0.05) is 23.1 Å². The molecule has 0 saturated heterocycles. The molecule has 0 spiro atoms. The Morgan fingerprint density at radius 3 is 2.81 bits per heavy atom. The molecular weight excluding hydrogens is 277 g/mol. The van der Waals surface area contributed by atoms with Gasteiger partial charge < -0.3 is 10.0 Å². The maximum atomic E-state index is 13.4. The van der Waals surface area contributed by atoms with E-state index in [1.54, 1.807) is 24.1 Å². The largest absolute Gasteiger partial charge is 0.481 e. The van der Waals surface area contributed by atoms with E-state index < -0.39 is 5.97 Å². The quantitative estimate of drug-likeness (QED) is 0.905. The standard InChI is InChI=1S/C11H13BrFNO2/c1-14(6-5-11(15)16)7-8-9(12)3-2-4-10(8)13/h2-4H,5-7H2,1H3,(H,15,16). The van der Waals surface area contributed by atoms with Gasteiger partial charge in [-0.3, -0.25) is 4.79 Å². The third-order valence-electron chi connectivity index (χ3n) is 2.20. The third-order valence-corrected chi connectivity index (χ3v) is 2.94. The molecule has 3 nitrogen and oxygen atoms in total. The van der Waals surface area contributed by atoms with E-state index >= 15 is 0 Å². The summed E-state index contributed by atoms with van der Waals surface area (Å²) in [4.78, 5) is 12.2.